The third-order valence-electron chi connectivity index (χ3n) is 3.55. The molecule has 0 spiro atoms. The average molecular weight is 360 g/mol. The molecule has 1 aromatic heterocycles. The molecule has 1 heterocycles. The van der Waals surface area contributed by atoms with Gasteiger partial charge in [-0.15, -0.1) is 10.2 Å². The van der Waals surface area contributed by atoms with Gasteiger partial charge in [-0.05, 0) is 36.8 Å². The number of hydrogen-bond donors (Lipinski definition) is 0. The highest BCUT2D eigenvalue weighted by atomic mass is 35.5. The Hall–Kier alpha value is -1.98. The van der Waals surface area contributed by atoms with Crippen LogP contribution in [0.3, 0.4) is 0 Å². The summed E-state index contributed by atoms with van der Waals surface area (Å²) in [5, 5.41) is 10.2. The average Bonchev–Trinajstić information content (AvgIpc) is 2.95. The van der Waals surface area contributed by atoms with E-state index in [4.69, 9.17) is 16.3 Å². The summed E-state index contributed by atoms with van der Waals surface area (Å²) in [4.78, 5) is 0. The van der Waals surface area contributed by atoms with Crippen molar-refractivity contribution in [2.75, 3.05) is 0 Å². The molecule has 0 bridgehead atoms. The van der Waals surface area contributed by atoms with Crippen LogP contribution < -0.4 is 4.74 Å². The van der Waals surface area contributed by atoms with Gasteiger partial charge in [0.2, 0.25) is 0 Å². The van der Waals surface area contributed by atoms with Crippen molar-refractivity contribution >= 4 is 23.4 Å². The number of para-hydroxylation sites is 1. The second kappa shape index (κ2) is 7.73. The van der Waals surface area contributed by atoms with Gasteiger partial charge in [0.1, 0.15) is 5.75 Å². The highest BCUT2D eigenvalue weighted by molar-refractivity contribution is 7.98. The third-order valence-corrected chi connectivity index (χ3v) is 4.87. The molecule has 3 rings (SSSR count). The van der Waals surface area contributed by atoms with Crippen LogP contribution in [-0.4, -0.2) is 14.8 Å². The van der Waals surface area contributed by atoms with Crippen molar-refractivity contribution in [2.24, 2.45) is 7.05 Å². The van der Waals surface area contributed by atoms with Crippen molar-refractivity contribution in [2.45, 2.75) is 23.9 Å². The Balaban J connectivity index is 1.67. The summed E-state index contributed by atoms with van der Waals surface area (Å²) >= 11 is 7.65. The summed E-state index contributed by atoms with van der Waals surface area (Å²) in [6.07, 6.45) is -0.176. The smallest absolute Gasteiger partial charge is 0.191 e. The topological polar surface area (TPSA) is 39.9 Å². The van der Waals surface area contributed by atoms with Crippen molar-refractivity contribution in [3.05, 3.63) is 71.0 Å². The van der Waals surface area contributed by atoms with Crippen LogP contribution in [0.15, 0.2) is 59.8 Å². The molecule has 0 aliphatic rings. The number of nitrogens with zero attached hydrogens (tertiary/aromatic N) is 3. The van der Waals surface area contributed by atoms with E-state index < -0.39 is 0 Å². The predicted molar refractivity (Wildman–Crippen MR) is 97.5 cm³/mol. The number of rotatable bonds is 6. The Morgan fingerprint density at radius 1 is 1.12 bits per heavy atom. The van der Waals surface area contributed by atoms with Crippen LogP contribution in [0.25, 0.3) is 0 Å². The van der Waals surface area contributed by atoms with Crippen molar-refractivity contribution in [3.63, 3.8) is 0 Å². The van der Waals surface area contributed by atoms with E-state index in [-0.39, 0.29) is 6.10 Å². The predicted octanol–water partition coefficient (Wildman–Crippen LogP) is 4.90. The van der Waals surface area contributed by atoms with Gasteiger partial charge in [-0.3, -0.25) is 0 Å². The molecule has 3 aromatic rings. The van der Waals surface area contributed by atoms with Crippen molar-refractivity contribution in [1.29, 1.82) is 0 Å². The Morgan fingerprint density at radius 2 is 1.92 bits per heavy atom. The molecule has 0 N–H and O–H groups in total. The molecule has 0 unspecified atom stereocenters. The Labute approximate surface area is 150 Å². The largest absolute Gasteiger partial charge is 0.483 e. The summed E-state index contributed by atoms with van der Waals surface area (Å²) in [5.74, 6) is 2.41. The molecular formula is C18H18ClN3OS. The number of halogens is 1. The van der Waals surface area contributed by atoms with Crippen LogP contribution in [0.5, 0.6) is 5.75 Å². The SMILES string of the molecule is C[C@H](Oc1ccccc1)c1nnc(SCc2cccc(Cl)c2)n1C. The summed E-state index contributed by atoms with van der Waals surface area (Å²) in [5.41, 5.74) is 1.16. The van der Waals surface area contributed by atoms with Crippen molar-refractivity contribution < 1.29 is 4.74 Å². The minimum absolute atomic E-state index is 0.176. The number of ether oxygens (including phenoxy) is 1. The Morgan fingerprint density at radius 3 is 2.67 bits per heavy atom. The lowest BCUT2D eigenvalue weighted by atomic mass is 10.2. The van der Waals surface area contributed by atoms with E-state index in [1.807, 2.05) is 67.1 Å². The first-order valence-corrected chi connectivity index (χ1v) is 8.98. The molecule has 4 nitrogen and oxygen atoms in total. The molecule has 0 aliphatic heterocycles. The lowest BCUT2D eigenvalue weighted by Gasteiger charge is -2.14. The number of thioether (sulfide) groups is 1. The summed E-state index contributed by atoms with van der Waals surface area (Å²) in [7, 11) is 1.96. The standard InChI is InChI=1S/C18H18ClN3OS/c1-13(23-16-9-4-3-5-10-16)17-20-21-18(22(17)2)24-12-14-7-6-8-15(19)11-14/h3-11,13H,12H2,1-2H3/t13-/m0/s1. The second-order valence-electron chi connectivity index (χ2n) is 5.39. The fourth-order valence-electron chi connectivity index (χ4n) is 2.34. The van der Waals surface area contributed by atoms with Crippen LogP contribution >= 0.6 is 23.4 Å². The highest BCUT2D eigenvalue weighted by Crippen LogP contribution is 2.26. The van der Waals surface area contributed by atoms with Crippen molar-refractivity contribution in [1.82, 2.24) is 14.8 Å². The molecule has 0 amide bonds. The molecule has 1 atom stereocenters. The molecule has 0 aliphatic carbocycles. The van der Waals surface area contributed by atoms with Crippen LogP contribution in [0.4, 0.5) is 0 Å². The van der Waals surface area contributed by atoms with E-state index in [0.717, 1.165) is 33.1 Å². The van der Waals surface area contributed by atoms with Gasteiger partial charge in [-0.1, -0.05) is 53.7 Å². The lowest BCUT2D eigenvalue weighted by Crippen LogP contribution is -2.10. The molecule has 124 valence electrons. The van der Waals surface area contributed by atoms with Gasteiger partial charge < -0.3 is 9.30 Å². The first-order valence-electron chi connectivity index (χ1n) is 7.61. The fraction of sp³-hybridized carbons (Fsp3) is 0.222. The van der Waals surface area contributed by atoms with Crippen LogP contribution in [0.2, 0.25) is 5.02 Å². The highest BCUT2D eigenvalue weighted by Gasteiger charge is 2.17. The zero-order valence-corrected chi connectivity index (χ0v) is 15.1. The molecule has 2 aromatic carbocycles. The van der Waals surface area contributed by atoms with E-state index in [1.54, 1.807) is 11.8 Å². The normalized spacial score (nSPS) is 12.1. The van der Waals surface area contributed by atoms with Gasteiger partial charge in [-0.25, -0.2) is 0 Å². The molecule has 24 heavy (non-hydrogen) atoms. The van der Waals surface area contributed by atoms with Gasteiger partial charge in [0.05, 0.1) is 0 Å². The first-order chi connectivity index (χ1) is 11.6. The quantitative estimate of drug-likeness (QED) is 0.587. The molecule has 0 saturated carbocycles. The molecule has 0 radical (unpaired) electrons. The Bertz CT molecular complexity index is 807. The maximum Gasteiger partial charge on any atom is 0.191 e. The van der Waals surface area contributed by atoms with Crippen molar-refractivity contribution in [3.8, 4) is 5.75 Å². The zero-order chi connectivity index (χ0) is 16.9. The minimum Gasteiger partial charge on any atom is -0.483 e. The van der Waals surface area contributed by atoms with E-state index in [1.165, 1.54) is 0 Å². The number of benzene rings is 2. The molecule has 6 heteroatoms. The van der Waals surface area contributed by atoms with E-state index in [0.29, 0.717) is 0 Å². The number of hydrogen-bond acceptors (Lipinski definition) is 4. The fourth-order valence-corrected chi connectivity index (χ4v) is 3.41. The van der Waals surface area contributed by atoms with Gasteiger partial charge in [-0.2, -0.15) is 0 Å². The summed E-state index contributed by atoms with van der Waals surface area (Å²) in [6.45, 7) is 1.97. The maximum absolute atomic E-state index is 6.02. The summed E-state index contributed by atoms with van der Waals surface area (Å²) in [6, 6.07) is 17.6. The molecule has 0 fully saturated rings. The van der Waals surface area contributed by atoms with Crippen LogP contribution in [0, 0.1) is 0 Å². The van der Waals surface area contributed by atoms with Crippen LogP contribution in [0.1, 0.15) is 24.4 Å². The van der Waals surface area contributed by atoms with Crippen LogP contribution in [-0.2, 0) is 12.8 Å². The van der Waals surface area contributed by atoms with Gasteiger partial charge >= 0.3 is 0 Å². The summed E-state index contributed by atoms with van der Waals surface area (Å²) < 4.78 is 7.90. The molecular weight excluding hydrogens is 342 g/mol. The lowest BCUT2D eigenvalue weighted by molar-refractivity contribution is 0.211. The zero-order valence-electron chi connectivity index (χ0n) is 13.5. The molecule has 0 saturated heterocycles. The van der Waals surface area contributed by atoms with Gasteiger partial charge in [0.15, 0.2) is 17.1 Å². The third kappa shape index (κ3) is 4.10. The Kier molecular flexibility index (Phi) is 5.43. The van der Waals surface area contributed by atoms with Gasteiger partial charge in [0, 0.05) is 17.8 Å². The second-order valence-corrected chi connectivity index (χ2v) is 6.77. The first kappa shape index (κ1) is 16.9. The van der Waals surface area contributed by atoms with E-state index in [2.05, 4.69) is 16.3 Å². The van der Waals surface area contributed by atoms with E-state index in [9.17, 15) is 0 Å². The van der Waals surface area contributed by atoms with Gasteiger partial charge in [0.25, 0.3) is 0 Å². The maximum atomic E-state index is 6.02. The number of aromatic nitrogens is 3. The van der Waals surface area contributed by atoms with E-state index >= 15 is 0 Å². The minimum atomic E-state index is -0.176. The monoisotopic (exact) mass is 359 g/mol.